The molecule has 0 unspecified atom stereocenters. The Kier molecular flexibility index (Phi) is 3.81. The maximum atomic E-state index is 5.46. The molecule has 3 aromatic heterocycles. The van der Waals surface area contributed by atoms with Crippen molar-refractivity contribution in [2.75, 3.05) is 14.2 Å². The van der Waals surface area contributed by atoms with Gasteiger partial charge in [-0.1, -0.05) is 12.1 Å². The maximum absolute atomic E-state index is 5.46. The lowest BCUT2D eigenvalue weighted by Crippen LogP contribution is -2.03. The Balaban J connectivity index is 1.81. The first-order valence-electron chi connectivity index (χ1n) is 7.72. The highest BCUT2D eigenvalue weighted by Gasteiger charge is 2.18. The smallest absolute Gasteiger partial charge is 0.298 e. The fourth-order valence-corrected chi connectivity index (χ4v) is 2.72. The number of hydrogen-bond acceptors (Lipinski definition) is 6. The summed E-state index contributed by atoms with van der Waals surface area (Å²) in [6, 6.07) is 12.0. The molecule has 4 rings (SSSR count). The van der Waals surface area contributed by atoms with Crippen LogP contribution in [0.4, 0.5) is 0 Å². The maximum Gasteiger partial charge on any atom is 0.298 e. The SMILES string of the molecule is COc1ccc(Cn2c(OC)nc3c(-c4ccco4)ncnc32)cc1. The molecule has 0 fully saturated rings. The number of methoxy groups -OCH3 is 2. The molecular formula is C18H16N4O3. The largest absolute Gasteiger partial charge is 0.497 e. The van der Waals surface area contributed by atoms with Gasteiger partial charge in [0.05, 0.1) is 27.0 Å². The summed E-state index contributed by atoms with van der Waals surface area (Å²) >= 11 is 0. The standard InChI is InChI=1S/C18H16N4O3/c1-23-13-7-5-12(6-8-13)10-22-17-16(21-18(22)24-2)15(19-11-20-17)14-4-3-9-25-14/h3-9,11H,10H2,1-2H3. The fraction of sp³-hybridized carbons (Fsp3) is 0.167. The van der Waals surface area contributed by atoms with Crippen LogP contribution in [0.15, 0.2) is 53.4 Å². The van der Waals surface area contributed by atoms with Crippen LogP contribution in [0, 0.1) is 0 Å². The molecule has 0 atom stereocenters. The molecule has 0 radical (unpaired) electrons. The van der Waals surface area contributed by atoms with Crippen molar-refractivity contribution >= 4 is 11.2 Å². The van der Waals surface area contributed by atoms with Crippen molar-refractivity contribution in [1.82, 2.24) is 19.5 Å². The number of benzene rings is 1. The fourth-order valence-electron chi connectivity index (χ4n) is 2.72. The third kappa shape index (κ3) is 2.69. The number of aromatic nitrogens is 4. The summed E-state index contributed by atoms with van der Waals surface area (Å²) in [5.41, 5.74) is 3.05. The Morgan fingerprint density at radius 2 is 1.88 bits per heavy atom. The molecule has 7 nitrogen and oxygen atoms in total. The van der Waals surface area contributed by atoms with Crippen LogP contribution in [0.5, 0.6) is 11.8 Å². The van der Waals surface area contributed by atoms with Gasteiger partial charge < -0.3 is 13.9 Å². The Hall–Kier alpha value is -3.35. The minimum absolute atomic E-state index is 0.471. The zero-order chi connectivity index (χ0) is 17.2. The predicted octanol–water partition coefficient (Wildman–Crippen LogP) is 3.15. The number of hydrogen-bond donors (Lipinski definition) is 0. The van der Waals surface area contributed by atoms with E-state index in [1.54, 1.807) is 20.5 Å². The molecule has 3 heterocycles. The number of nitrogens with zero attached hydrogens (tertiary/aromatic N) is 4. The quantitative estimate of drug-likeness (QED) is 0.557. The second kappa shape index (κ2) is 6.27. The summed E-state index contributed by atoms with van der Waals surface area (Å²) in [6.45, 7) is 0.568. The average molecular weight is 336 g/mol. The van der Waals surface area contributed by atoms with Crippen molar-refractivity contribution < 1.29 is 13.9 Å². The minimum atomic E-state index is 0.471. The summed E-state index contributed by atoms with van der Waals surface area (Å²) in [5, 5.41) is 0. The average Bonchev–Trinajstić information content (AvgIpc) is 3.30. The second-order valence-electron chi connectivity index (χ2n) is 5.40. The first-order valence-corrected chi connectivity index (χ1v) is 7.72. The number of rotatable bonds is 5. The van der Waals surface area contributed by atoms with E-state index in [-0.39, 0.29) is 0 Å². The number of ether oxygens (including phenoxy) is 2. The molecule has 0 saturated heterocycles. The van der Waals surface area contributed by atoms with Gasteiger partial charge in [0.25, 0.3) is 6.01 Å². The van der Waals surface area contributed by atoms with Crippen molar-refractivity contribution in [3.05, 3.63) is 54.6 Å². The van der Waals surface area contributed by atoms with E-state index in [0.717, 1.165) is 11.3 Å². The van der Waals surface area contributed by atoms with Crippen LogP contribution in [-0.2, 0) is 6.54 Å². The van der Waals surface area contributed by atoms with E-state index in [1.165, 1.54) is 6.33 Å². The van der Waals surface area contributed by atoms with E-state index >= 15 is 0 Å². The van der Waals surface area contributed by atoms with Gasteiger partial charge in [0.2, 0.25) is 0 Å². The molecule has 4 aromatic rings. The van der Waals surface area contributed by atoms with Crippen LogP contribution < -0.4 is 9.47 Å². The monoisotopic (exact) mass is 336 g/mol. The van der Waals surface area contributed by atoms with Gasteiger partial charge in [-0.25, -0.2) is 9.97 Å². The van der Waals surface area contributed by atoms with Crippen LogP contribution in [-0.4, -0.2) is 33.7 Å². The van der Waals surface area contributed by atoms with Gasteiger partial charge in [-0.2, -0.15) is 4.98 Å². The van der Waals surface area contributed by atoms with Crippen molar-refractivity contribution in [2.45, 2.75) is 6.54 Å². The first-order chi connectivity index (χ1) is 12.3. The molecule has 0 aliphatic heterocycles. The summed E-state index contributed by atoms with van der Waals surface area (Å²) in [5.74, 6) is 1.46. The van der Waals surface area contributed by atoms with Gasteiger partial charge >= 0.3 is 0 Å². The Morgan fingerprint density at radius 1 is 1.04 bits per heavy atom. The molecule has 0 spiro atoms. The predicted molar refractivity (Wildman–Crippen MR) is 91.7 cm³/mol. The zero-order valence-corrected chi connectivity index (χ0v) is 13.8. The summed E-state index contributed by atoms with van der Waals surface area (Å²) < 4.78 is 18.0. The number of imidazole rings is 1. The normalized spacial score (nSPS) is 11.0. The highest BCUT2D eigenvalue weighted by Crippen LogP contribution is 2.29. The molecule has 126 valence electrons. The van der Waals surface area contributed by atoms with E-state index in [1.807, 2.05) is 41.0 Å². The third-order valence-corrected chi connectivity index (χ3v) is 3.93. The van der Waals surface area contributed by atoms with Crippen LogP contribution in [0.25, 0.3) is 22.6 Å². The molecule has 1 aromatic carbocycles. The Morgan fingerprint density at radius 3 is 2.56 bits per heavy atom. The van der Waals surface area contributed by atoms with Crippen molar-refractivity contribution in [3.63, 3.8) is 0 Å². The van der Waals surface area contributed by atoms with Crippen LogP contribution in [0.1, 0.15) is 5.56 Å². The lowest BCUT2D eigenvalue weighted by Gasteiger charge is -2.08. The molecule has 0 N–H and O–H groups in total. The third-order valence-electron chi connectivity index (χ3n) is 3.93. The molecule has 0 bridgehead atoms. The molecule has 0 aliphatic rings. The van der Waals surface area contributed by atoms with Crippen molar-refractivity contribution in [1.29, 1.82) is 0 Å². The second-order valence-corrected chi connectivity index (χ2v) is 5.40. The number of fused-ring (bicyclic) bond motifs is 1. The van der Waals surface area contributed by atoms with Crippen molar-refractivity contribution in [2.24, 2.45) is 0 Å². The van der Waals surface area contributed by atoms with Gasteiger partial charge in [-0.05, 0) is 29.8 Å². The Bertz CT molecular complexity index is 991. The van der Waals surface area contributed by atoms with Gasteiger partial charge in [-0.15, -0.1) is 0 Å². The highest BCUT2D eigenvalue weighted by molar-refractivity contribution is 5.86. The summed E-state index contributed by atoms with van der Waals surface area (Å²) in [6.07, 6.45) is 3.11. The topological polar surface area (TPSA) is 75.2 Å². The van der Waals surface area contributed by atoms with E-state index in [2.05, 4.69) is 15.0 Å². The highest BCUT2D eigenvalue weighted by atomic mass is 16.5. The van der Waals surface area contributed by atoms with Gasteiger partial charge in [-0.3, -0.25) is 4.57 Å². The molecule has 7 heteroatoms. The zero-order valence-electron chi connectivity index (χ0n) is 13.8. The molecule has 0 amide bonds. The first kappa shape index (κ1) is 15.2. The van der Waals surface area contributed by atoms with Crippen LogP contribution in [0.2, 0.25) is 0 Å². The van der Waals surface area contributed by atoms with Gasteiger partial charge in [0.1, 0.15) is 23.3 Å². The van der Waals surface area contributed by atoms with E-state index in [0.29, 0.717) is 35.2 Å². The molecule has 0 aliphatic carbocycles. The van der Waals surface area contributed by atoms with Crippen LogP contribution in [0.3, 0.4) is 0 Å². The van der Waals surface area contributed by atoms with E-state index < -0.39 is 0 Å². The number of furan rings is 1. The minimum Gasteiger partial charge on any atom is -0.497 e. The molecule has 25 heavy (non-hydrogen) atoms. The van der Waals surface area contributed by atoms with Crippen molar-refractivity contribution in [3.8, 4) is 23.2 Å². The lowest BCUT2D eigenvalue weighted by molar-refractivity contribution is 0.363. The van der Waals surface area contributed by atoms with E-state index in [9.17, 15) is 0 Å². The summed E-state index contributed by atoms with van der Waals surface area (Å²) in [7, 11) is 3.24. The van der Waals surface area contributed by atoms with Gasteiger partial charge in [0, 0.05) is 0 Å². The van der Waals surface area contributed by atoms with Crippen LogP contribution >= 0.6 is 0 Å². The summed E-state index contributed by atoms with van der Waals surface area (Å²) in [4.78, 5) is 13.3. The molecular weight excluding hydrogens is 320 g/mol. The lowest BCUT2D eigenvalue weighted by atomic mass is 10.2. The Labute approximate surface area is 143 Å². The van der Waals surface area contributed by atoms with E-state index in [4.69, 9.17) is 13.9 Å². The van der Waals surface area contributed by atoms with Gasteiger partial charge in [0.15, 0.2) is 11.4 Å². The molecule has 0 saturated carbocycles.